The molecule has 6 heteroatoms. The summed E-state index contributed by atoms with van der Waals surface area (Å²) in [6.07, 6.45) is -0.615. The van der Waals surface area contributed by atoms with Crippen LogP contribution in [0, 0.1) is 0 Å². The third-order valence-electron chi connectivity index (χ3n) is 2.54. The van der Waals surface area contributed by atoms with Gasteiger partial charge in [-0.2, -0.15) is 0 Å². The van der Waals surface area contributed by atoms with Gasteiger partial charge in [0, 0.05) is 0 Å². The van der Waals surface area contributed by atoms with Gasteiger partial charge in [-0.3, -0.25) is 4.79 Å². The van der Waals surface area contributed by atoms with Crippen LogP contribution in [0.25, 0.3) is 0 Å². The second-order valence-corrected chi connectivity index (χ2v) is 5.82. The van der Waals surface area contributed by atoms with Gasteiger partial charge in [-0.05, 0) is 39.8 Å². The minimum Gasteiger partial charge on any atom is -0.492 e. The Morgan fingerprint density at radius 3 is 2.41 bits per heavy atom. The molecule has 1 aromatic carbocycles. The van der Waals surface area contributed by atoms with Gasteiger partial charge in [0.05, 0.1) is 6.54 Å². The molecule has 6 nitrogen and oxygen atoms in total. The van der Waals surface area contributed by atoms with Crippen molar-refractivity contribution in [2.24, 2.45) is 0 Å². The first kappa shape index (κ1) is 17.8. The van der Waals surface area contributed by atoms with Crippen LogP contribution >= 0.6 is 0 Å². The van der Waals surface area contributed by atoms with Crippen molar-refractivity contribution in [3.63, 3.8) is 0 Å². The standard InChI is InChI=1S/C16H24N2O4/c1-12(18-15(20)22-16(2,3)4)14(19)17-10-11-21-13-8-6-5-7-9-13/h5-9,12H,10-11H2,1-4H3,(H,17,19)(H,18,20)/t12-/m1/s1. The van der Waals surface area contributed by atoms with Crippen molar-refractivity contribution in [1.29, 1.82) is 0 Å². The number of benzene rings is 1. The van der Waals surface area contributed by atoms with E-state index in [4.69, 9.17) is 9.47 Å². The van der Waals surface area contributed by atoms with E-state index in [1.165, 1.54) is 0 Å². The zero-order valence-corrected chi connectivity index (χ0v) is 13.5. The van der Waals surface area contributed by atoms with E-state index in [1.807, 2.05) is 30.3 Å². The second-order valence-electron chi connectivity index (χ2n) is 5.82. The predicted octanol–water partition coefficient (Wildman–Crippen LogP) is 2.09. The number of nitrogens with one attached hydrogen (secondary N) is 2. The molecule has 1 aromatic rings. The zero-order chi connectivity index (χ0) is 16.6. The van der Waals surface area contributed by atoms with Crippen LogP contribution in [0.15, 0.2) is 30.3 Å². The molecule has 0 radical (unpaired) electrons. The summed E-state index contributed by atoms with van der Waals surface area (Å²) in [5, 5.41) is 5.17. The average Bonchev–Trinajstić information content (AvgIpc) is 2.42. The third-order valence-corrected chi connectivity index (χ3v) is 2.54. The molecule has 0 spiro atoms. The molecule has 0 bridgehead atoms. The number of carbonyl (C=O) groups is 2. The van der Waals surface area contributed by atoms with Gasteiger partial charge < -0.3 is 20.1 Å². The first-order valence-corrected chi connectivity index (χ1v) is 7.23. The molecule has 22 heavy (non-hydrogen) atoms. The molecule has 0 aliphatic carbocycles. The summed E-state index contributed by atoms with van der Waals surface area (Å²) < 4.78 is 10.5. The van der Waals surface area contributed by atoms with Crippen LogP contribution < -0.4 is 15.4 Å². The molecule has 2 N–H and O–H groups in total. The molecule has 0 aromatic heterocycles. The van der Waals surface area contributed by atoms with Crippen LogP contribution in [0.1, 0.15) is 27.7 Å². The number of carbonyl (C=O) groups excluding carboxylic acids is 2. The van der Waals surface area contributed by atoms with Crippen molar-refractivity contribution in [2.45, 2.75) is 39.3 Å². The first-order valence-electron chi connectivity index (χ1n) is 7.23. The number of hydrogen-bond acceptors (Lipinski definition) is 4. The molecular weight excluding hydrogens is 284 g/mol. The zero-order valence-electron chi connectivity index (χ0n) is 13.5. The average molecular weight is 308 g/mol. The Balaban J connectivity index is 2.22. The number of alkyl carbamates (subject to hydrolysis) is 1. The van der Waals surface area contributed by atoms with Crippen LogP contribution in [-0.4, -0.2) is 36.8 Å². The maximum atomic E-state index is 11.8. The Bertz CT molecular complexity index is 483. The Hall–Kier alpha value is -2.24. The van der Waals surface area contributed by atoms with Gasteiger partial charge in [0.1, 0.15) is 24.0 Å². The highest BCUT2D eigenvalue weighted by Crippen LogP contribution is 2.07. The minimum absolute atomic E-state index is 0.289. The minimum atomic E-state index is -0.674. The normalized spacial score (nSPS) is 12.2. The number of ether oxygens (including phenoxy) is 2. The van der Waals surface area contributed by atoms with Crippen molar-refractivity contribution in [2.75, 3.05) is 13.2 Å². The summed E-state index contributed by atoms with van der Waals surface area (Å²) in [7, 11) is 0. The summed E-state index contributed by atoms with van der Waals surface area (Å²) in [6.45, 7) is 7.59. The number of amides is 2. The Labute approximate surface area is 131 Å². The highest BCUT2D eigenvalue weighted by Gasteiger charge is 2.20. The van der Waals surface area contributed by atoms with E-state index in [9.17, 15) is 9.59 Å². The summed E-state index contributed by atoms with van der Waals surface area (Å²) in [6, 6.07) is 8.66. The molecule has 2 amide bonds. The largest absolute Gasteiger partial charge is 0.492 e. The van der Waals surface area contributed by atoms with E-state index < -0.39 is 17.7 Å². The predicted molar refractivity (Wildman–Crippen MR) is 83.8 cm³/mol. The SMILES string of the molecule is C[C@@H](NC(=O)OC(C)(C)C)C(=O)NCCOc1ccccc1. The van der Waals surface area contributed by atoms with Gasteiger partial charge in [-0.25, -0.2) is 4.79 Å². The maximum absolute atomic E-state index is 11.8. The smallest absolute Gasteiger partial charge is 0.408 e. The quantitative estimate of drug-likeness (QED) is 0.789. The van der Waals surface area contributed by atoms with Crippen LogP contribution in [0.4, 0.5) is 4.79 Å². The lowest BCUT2D eigenvalue weighted by atomic mass is 10.2. The van der Waals surface area contributed by atoms with Crippen molar-refractivity contribution in [3.8, 4) is 5.75 Å². The van der Waals surface area contributed by atoms with Crippen molar-refractivity contribution >= 4 is 12.0 Å². The molecular formula is C16H24N2O4. The number of para-hydroxylation sites is 1. The van der Waals surface area contributed by atoms with Gasteiger partial charge in [0.2, 0.25) is 5.91 Å². The second kappa shape index (κ2) is 8.26. The molecule has 0 aliphatic rings. The molecule has 0 saturated heterocycles. The van der Waals surface area contributed by atoms with Crippen LogP contribution in [-0.2, 0) is 9.53 Å². The van der Waals surface area contributed by atoms with E-state index in [0.717, 1.165) is 5.75 Å². The van der Waals surface area contributed by atoms with Crippen LogP contribution in [0.5, 0.6) is 5.75 Å². The van der Waals surface area contributed by atoms with E-state index >= 15 is 0 Å². The van der Waals surface area contributed by atoms with E-state index in [-0.39, 0.29) is 5.91 Å². The van der Waals surface area contributed by atoms with Crippen molar-refractivity contribution in [1.82, 2.24) is 10.6 Å². The van der Waals surface area contributed by atoms with Crippen LogP contribution in [0.3, 0.4) is 0 Å². The topological polar surface area (TPSA) is 76.7 Å². The fourth-order valence-electron chi connectivity index (χ4n) is 1.56. The van der Waals surface area contributed by atoms with Gasteiger partial charge in [-0.15, -0.1) is 0 Å². The maximum Gasteiger partial charge on any atom is 0.408 e. The summed E-state index contributed by atoms with van der Waals surface area (Å²) in [5.41, 5.74) is -0.593. The Morgan fingerprint density at radius 1 is 1.18 bits per heavy atom. The van der Waals surface area contributed by atoms with E-state index in [0.29, 0.717) is 13.2 Å². The molecule has 0 fully saturated rings. The summed E-state index contributed by atoms with van der Waals surface area (Å²) >= 11 is 0. The summed E-state index contributed by atoms with van der Waals surface area (Å²) in [5.74, 6) is 0.458. The molecule has 0 aliphatic heterocycles. The molecule has 0 unspecified atom stereocenters. The lowest BCUT2D eigenvalue weighted by molar-refractivity contribution is -0.122. The Morgan fingerprint density at radius 2 is 1.82 bits per heavy atom. The van der Waals surface area contributed by atoms with E-state index in [1.54, 1.807) is 27.7 Å². The molecule has 1 atom stereocenters. The summed E-state index contributed by atoms with van der Waals surface area (Å²) in [4.78, 5) is 23.4. The lowest BCUT2D eigenvalue weighted by Crippen LogP contribution is -2.47. The van der Waals surface area contributed by atoms with Crippen molar-refractivity contribution < 1.29 is 19.1 Å². The molecule has 0 heterocycles. The highest BCUT2D eigenvalue weighted by molar-refractivity contribution is 5.85. The lowest BCUT2D eigenvalue weighted by Gasteiger charge is -2.21. The number of rotatable bonds is 6. The third kappa shape index (κ3) is 7.52. The van der Waals surface area contributed by atoms with Crippen LogP contribution in [0.2, 0.25) is 0 Å². The van der Waals surface area contributed by atoms with Crippen molar-refractivity contribution in [3.05, 3.63) is 30.3 Å². The fraction of sp³-hybridized carbons (Fsp3) is 0.500. The van der Waals surface area contributed by atoms with Gasteiger partial charge in [0.15, 0.2) is 0 Å². The van der Waals surface area contributed by atoms with Gasteiger partial charge in [0.25, 0.3) is 0 Å². The molecule has 1 rings (SSSR count). The van der Waals surface area contributed by atoms with Gasteiger partial charge >= 0.3 is 6.09 Å². The molecule has 122 valence electrons. The monoisotopic (exact) mass is 308 g/mol. The van der Waals surface area contributed by atoms with Gasteiger partial charge in [-0.1, -0.05) is 18.2 Å². The van der Waals surface area contributed by atoms with E-state index in [2.05, 4.69) is 10.6 Å². The Kier molecular flexibility index (Phi) is 6.69. The highest BCUT2D eigenvalue weighted by atomic mass is 16.6. The number of hydrogen-bond donors (Lipinski definition) is 2. The fourth-order valence-corrected chi connectivity index (χ4v) is 1.56. The first-order chi connectivity index (χ1) is 10.3. The molecule has 0 saturated carbocycles.